The lowest BCUT2D eigenvalue weighted by Crippen LogP contribution is -2.13. The van der Waals surface area contributed by atoms with Crippen molar-refractivity contribution in [1.29, 1.82) is 0 Å². The summed E-state index contributed by atoms with van der Waals surface area (Å²) in [5, 5.41) is 17.4. The molecule has 0 unspecified atom stereocenters. The predicted molar refractivity (Wildman–Crippen MR) is 264 cm³/mol. The Labute approximate surface area is 380 Å². The highest BCUT2D eigenvalue weighted by Crippen LogP contribution is 2.25. The summed E-state index contributed by atoms with van der Waals surface area (Å²) in [7, 11) is 4.27. The van der Waals surface area contributed by atoms with Gasteiger partial charge in [0.15, 0.2) is 0 Å². The molecule has 0 fully saturated rings. The molecule has 1 aromatic rings. The predicted octanol–water partition coefficient (Wildman–Crippen LogP) is 15.8. The lowest BCUT2D eigenvalue weighted by atomic mass is 10.1. The van der Waals surface area contributed by atoms with Crippen molar-refractivity contribution in [2.45, 2.75) is 218 Å². The zero-order valence-corrected chi connectivity index (χ0v) is 40.0. The Morgan fingerprint density at radius 1 is 0.435 bits per heavy atom. The number of nitrogens with zero attached hydrogens (tertiary/aromatic N) is 1. The summed E-state index contributed by atoms with van der Waals surface area (Å²) < 4.78 is 12.5. The normalized spacial score (nSPS) is 12.0. The number of hydrogen-bond acceptors (Lipinski definition) is 5. The van der Waals surface area contributed by atoms with Crippen molar-refractivity contribution < 1.29 is 29.3 Å². The third kappa shape index (κ3) is 42.0. The molecule has 0 atom stereocenters. The van der Waals surface area contributed by atoms with E-state index in [1.54, 1.807) is 0 Å². The fraction of sp³-hybridized carbons (Fsp3) is 0.709. The maximum atomic E-state index is 10.5. The molecule has 1 aromatic carbocycles. The fourth-order valence-corrected chi connectivity index (χ4v) is 7.57. The molecule has 0 aromatic heterocycles. The van der Waals surface area contributed by atoms with Gasteiger partial charge in [0.2, 0.25) is 0 Å². The summed E-state index contributed by atoms with van der Waals surface area (Å²) in [6, 6.07) is 6.54. The molecular formula is C55H93NO6. The second kappa shape index (κ2) is 44.3. The largest absolute Gasteiger partial charge is 0.493 e. The highest BCUT2D eigenvalue weighted by atomic mass is 16.5. The van der Waals surface area contributed by atoms with Gasteiger partial charge in [-0.1, -0.05) is 151 Å². The number of ether oxygens (including phenoxy) is 2. The number of rotatable bonds is 46. The number of carboxylic acids is 2. The zero-order valence-electron chi connectivity index (χ0n) is 40.0. The van der Waals surface area contributed by atoms with E-state index >= 15 is 0 Å². The van der Waals surface area contributed by atoms with Crippen LogP contribution >= 0.6 is 0 Å². The molecule has 7 nitrogen and oxygen atoms in total. The van der Waals surface area contributed by atoms with Crippen molar-refractivity contribution in [3.63, 3.8) is 0 Å². The molecule has 0 saturated heterocycles. The number of hydrogen-bond donors (Lipinski definition) is 2. The van der Waals surface area contributed by atoms with Gasteiger partial charge in [-0.3, -0.25) is 9.59 Å². The first-order valence-electron chi connectivity index (χ1n) is 25.4. The van der Waals surface area contributed by atoms with Crippen LogP contribution in [0.5, 0.6) is 11.5 Å². The van der Waals surface area contributed by atoms with Gasteiger partial charge in [0.05, 0.1) is 13.2 Å². The van der Waals surface area contributed by atoms with E-state index in [1.807, 2.05) is 0 Å². The minimum absolute atomic E-state index is 0.308. The molecule has 0 aliphatic carbocycles. The molecule has 0 heterocycles. The van der Waals surface area contributed by atoms with Crippen molar-refractivity contribution in [3.8, 4) is 11.5 Å². The van der Waals surface area contributed by atoms with Crippen molar-refractivity contribution in [2.24, 2.45) is 0 Å². The standard InChI is InChI=1S/C55H93NO6/c1-56(2)45-41-42-51-48-52(61-46-39-35-31-27-23-19-15-11-7-3-5-9-13-17-21-25-29-33-37-43-54(57)58)50-53(49-51)62-47-40-36-32-28-24-20-16-12-8-4-6-10-14-18-22-26-30-34-38-44-55(59)60/h3-4,7-10,13-14,48-50H,5-6,11-12,15-47H2,1-2H3,(H,57,58)(H,59,60). The SMILES string of the molecule is CN(C)CCCc1cc(OCCCCCCCCCC=CCC=CCCCCCCCC(=O)O)cc(OCCCCCCCCCC=CCC=CCCCCCCCC(=O)O)c1. The van der Waals surface area contributed by atoms with Gasteiger partial charge in [-0.2, -0.15) is 0 Å². The van der Waals surface area contributed by atoms with Crippen molar-refractivity contribution in [2.75, 3.05) is 33.9 Å². The Morgan fingerprint density at radius 2 is 0.758 bits per heavy atom. The first kappa shape index (κ1) is 56.7. The Balaban J connectivity index is 2.10. The smallest absolute Gasteiger partial charge is 0.303 e. The Morgan fingerprint density at radius 3 is 1.10 bits per heavy atom. The molecule has 2 N–H and O–H groups in total. The molecule has 0 spiro atoms. The Hall–Kier alpha value is -3.32. The lowest BCUT2D eigenvalue weighted by molar-refractivity contribution is -0.138. The second-order valence-corrected chi connectivity index (χ2v) is 17.7. The molecule has 0 radical (unpaired) electrons. The van der Waals surface area contributed by atoms with Crippen molar-refractivity contribution >= 4 is 11.9 Å². The average Bonchev–Trinajstić information content (AvgIpc) is 3.24. The molecule has 0 aliphatic rings. The van der Waals surface area contributed by atoms with E-state index in [-0.39, 0.29) is 0 Å². The third-order valence-electron chi connectivity index (χ3n) is 11.3. The monoisotopic (exact) mass is 864 g/mol. The van der Waals surface area contributed by atoms with Gasteiger partial charge in [-0.25, -0.2) is 0 Å². The van der Waals surface area contributed by atoms with E-state index in [2.05, 4.69) is 85.8 Å². The second-order valence-electron chi connectivity index (χ2n) is 17.7. The third-order valence-corrected chi connectivity index (χ3v) is 11.3. The maximum absolute atomic E-state index is 10.5. The topological polar surface area (TPSA) is 96.3 Å². The minimum Gasteiger partial charge on any atom is -0.493 e. The fourth-order valence-electron chi connectivity index (χ4n) is 7.57. The maximum Gasteiger partial charge on any atom is 0.303 e. The number of aryl methyl sites for hydroxylation is 1. The molecule has 7 heteroatoms. The van der Waals surface area contributed by atoms with Gasteiger partial charge in [-0.15, -0.1) is 0 Å². The first-order valence-corrected chi connectivity index (χ1v) is 25.4. The van der Waals surface area contributed by atoms with Gasteiger partial charge >= 0.3 is 11.9 Å². The van der Waals surface area contributed by atoms with Gasteiger partial charge in [0.25, 0.3) is 0 Å². The van der Waals surface area contributed by atoms with E-state index in [4.69, 9.17) is 19.7 Å². The van der Waals surface area contributed by atoms with Crippen molar-refractivity contribution in [3.05, 3.63) is 72.4 Å². The van der Waals surface area contributed by atoms with Crippen LogP contribution in [0.2, 0.25) is 0 Å². The van der Waals surface area contributed by atoms with Crippen LogP contribution in [-0.2, 0) is 16.0 Å². The van der Waals surface area contributed by atoms with E-state index in [9.17, 15) is 9.59 Å². The van der Waals surface area contributed by atoms with Gasteiger partial charge in [0, 0.05) is 18.9 Å². The molecule has 0 saturated carbocycles. The number of benzene rings is 1. The summed E-state index contributed by atoms with van der Waals surface area (Å²) in [5.74, 6) is 0.549. The highest BCUT2D eigenvalue weighted by Gasteiger charge is 2.06. The highest BCUT2D eigenvalue weighted by molar-refractivity contribution is 5.66. The molecular weight excluding hydrogens is 771 g/mol. The van der Waals surface area contributed by atoms with Crippen LogP contribution in [0.1, 0.15) is 217 Å². The summed E-state index contributed by atoms with van der Waals surface area (Å²) in [4.78, 5) is 23.3. The van der Waals surface area contributed by atoms with Crippen LogP contribution in [0, 0.1) is 0 Å². The quantitative estimate of drug-likeness (QED) is 0.0498. The van der Waals surface area contributed by atoms with Gasteiger partial charge < -0.3 is 24.6 Å². The summed E-state index contributed by atoms with van der Waals surface area (Å²) in [5.41, 5.74) is 1.31. The lowest BCUT2D eigenvalue weighted by Gasteiger charge is -2.14. The first-order chi connectivity index (χ1) is 30.4. The number of carboxylic acid groups (broad SMARTS) is 2. The van der Waals surface area contributed by atoms with Crippen LogP contribution in [-0.4, -0.2) is 60.9 Å². The number of allylic oxidation sites excluding steroid dienone is 8. The van der Waals surface area contributed by atoms with Gasteiger partial charge in [0.1, 0.15) is 11.5 Å². The number of aliphatic carboxylic acids is 2. The Kier molecular flexibility index (Phi) is 40.5. The van der Waals surface area contributed by atoms with E-state index in [0.29, 0.717) is 12.8 Å². The molecule has 1 rings (SSSR count). The summed E-state index contributed by atoms with van der Waals surface area (Å²) in [6.45, 7) is 2.61. The summed E-state index contributed by atoms with van der Waals surface area (Å²) in [6.07, 6.45) is 56.3. The number of unbranched alkanes of at least 4 members (excludes halogenated alkanes) is 24. The van der Waals surface area contributed by atoms with Crippen LogP contribution in [0.25, 0.3) is 0 Å². The molecule has 0 bridgehead atoms. The molecule has 62 heavy (non-hydrogen) atoms. The number of carbonyl (C=O) groups is 2. The van der Waals surface area contributed by atoms with Crippen LogP contribution in [0.4, 0.5) is 0 Å². The van der Waals surface area contributed by atoms with E-state index < -0.39 is 11.9 Å². The summed E-state index contributed by atoms with van der Waals surface area (Å²) >= 11 is 0. The van der Waals surface area contributed by atoms with Gasteiger partial charge in [-0.05, 0) is 141 Å². The van der Waals surface area contributed by atoms with E-state index in [1.165, 1.54) is 121 Å². The Bertz CT molecular complexity index is 1210. The van der Waals surface area contributed by atoms with E-state index in [0.717, 1.165) is 121 Å². The van der Waals surface area contributed by atoms with Crippen LogP contribution < -0.4 is 9.47 Å². The molecule has 0 amide bonds. The average molecular weight is 864 g/mol. The molecule has 354 valence electrons. The zero-order chi connectivity index (χ0) is 44.8. The van der Waals surface area contributed by atoms with Crippen molar-refractivity contribution in [1.82, 2.24) is 4.90 Å². The van der Waals surface area contributed by atoms with Crippen LogP contribution in [0.3, 0.4) is 0 Å². The van der Waals surface area contributed by atoms with Crippen LogP contribution in [0.15, 0.2) is 66.8 Å². The minimum atomic E-state index is -0.678. The molecule has 0 aliphatic heterocycles.